The van der Waals surface area contributed by atoms with E-state index in [2.05, 4.69) is 4.98 Å². The zero-order chi connectivity index (χ0) is 14.6. The lowest BCUT2D eigenvalue weighted by Crippen LogP contribution is -2.32. The fourth-order valence-electron chi connectivity index (χ4n) is 3.68. The summed E-state index contributed by atoms with van der Waals surface area (Å²) in [6.45, 7) is 1.80. The molecule has 3 heterocycles. The monoisotopic (exact) mass is 303 g/mol. The van der Waals surface area contributed by atoms with E-state index >= 15 is 0 Å². The van der Waals surface area contributed by atoms with Crippen molar-refractivity contribution in [3.8, 4) is 0 Å². The van der Waals surface area contributed by atoms with E-state index in [-0.39, 0.29) is 22.2 Å². The Morgan fingerprint density at radius 1 is 1.29 bits per heavy atom. The fourth-order valence-corrected chi connectivity index (χ4v) is 5.80. The molecule has 2 aliphatic heterocycles. The van der Waals surface area contributed by atoms with Crippen LogP contribution in [-0.2, 0) is 10.8 Å². The first-order valence-corrected chi connectivity index (χ1v) is 8.70. The Morgan fingerprint density at radius 3 is 2.71 bits per heavy atom. The number of Topliss-reactive ketones (excluding diaryl/α,β-unsaturated/α-hetero) is 1. The highest BCUT2D eigenvalue weighted by atomic mass is 32.2. The van der Waals surface area contributed by atoms with Crippen LogP contribution < -0.4 is 0 Å². The maximum absolute atomic E-state index is 12.7. The average molecular weight is 303 g/mol. The number of carbonyl (C=O) groups excluding carboxylic acids is 1. The van der Waals surface area contributed by atoms with Crippen molar-refractivity contribution in [1.29, 1.82) is 0 Å². The molecule has 1 aromatic carbocycles. The molecule has 5 heteroatoms. The van der Waals surface area contributed by atoms with E-state index < -0.39 is 10.8 Å². The molecule has 0 spiro atoms. The smallest absolute Gasteiger partial charge is 0.192 e. The van der Waals surface area contributed by atoms with Gasteiger partial charge in [0.1, 0.15) is 5.52 Å². The molecule has 2 fully saturated rings. The van der Waals surface area contributed by atoms with E-state index in [0.717, 1.165) is 31.2 Å². The van der Waals surface area contributed by atoms with Crippen molar-refractivity contribution >= 4 is 27.7 Å². The van der Waals surface area contributed by atoms with Gasteiger partial charge in [-0.15, -0.1) is 0 Å². The SMILES string of the molecule is Cc1nc2ccc(C(=O)C3CC4CCC(C3)S4=O)cc2o1. The third-order valence-electron chi connectivity index (χ3n) is 4.71. The molecule has 4 nitrogen and oxygen atoms in total. The molecule has 1 aromatic heterocycles. The quantitative estimate of drug-likeness (QED) is 0.800. The molecule has 0 amide bonds. The van der Waals surface area contributed by atoms with Gasteiger partial charge in [-0.3, -0.25) is 9.00 Å². The van der Waals surface area contributed by atoms with Gasteiger partial charge in [-0.25, -0.2) is 4.98 Å². The van der Waals surface area contributed by atoms with Crippen LogP contribution in [0.1, 0.15) is 41.9 Å². The second-order valence-electron chi connectivity index (χ2n) is 6.10. The van der Waals surface area contributed by atoms with Crippen molar-refractivity contribution < 1.29 is 13.4 Å². The normalized spacial score (nSPS) is 31.7. The van der Waals surface area contributed by atoms with Crippen molar-refractivity contribution in [3.63, 3.8) is 0 Å². The first-order chi connectivity index (χ1) is 10.1. The van der Waals surface area contributed by atoms with Crippen LogP contribution in [-0.4, -0.2) is 25.5 Å². The Balaban J connectivity index is 1.62. The molecular weight excluding hydrogens is 286 g/mol. The molecule has 21 heavy (non-hydrogen) atoms. The average Bonchev–Trinajstić information content (AvgIpc) is 2.91. The highest BCUT2D eigenvalue weighted by Gasteiger charge is 2.42. The van der Waals surface area contributed by atoms with Gasteiger partial charge in [-0.2, -0.15) is 0 Å². The number of nitrogens with zero attached hydrogens (tertiary/aromatic N) is 1. The highest BCUT2D eigenvalue weighted by molar-refractivity contribution is 7.86. The molecule has 2 unspecified atom stereocenters. The van der Waals surface area contributed by atoms with Gasteiger partial charge in [-0.1, -0.05) is 0 Å². The lowest BCUT2D eigenvalue weighted by Gasteiger charge is -2.26. The highest BCUT2D eigenvalue weighted by Crippen LogP contribution is 2.40. The van der Waals surface area contributed by atoms with Crippen LogP contribution in [0.3, 0.4) is 0 Å². The third kappa shape index (κ3) is 2.14. The van der Waals surface area contributed by atoms with Crippen LogP contribution in [0.2, 0.25) is 0 Å². The van der Waals surface area contributed by atoms with Crippen molar-refractivity contribution in [2.45, 2.75) is 43.1 Å². The van der Waals surface area contributed by atoms with Crippen LogP contribution in [0.15, 0.2) is 22.6 Å². The van der Waals surface area contributed by atoms with E-state index in [1.165, 1.54) is 0 Å². The van der Waals surface area contributed by atoms with Gasteiger partial charge < -0.3 is 4.42 Å². The van der Waals surface area contributed by atoms with Gasteiger partial charge >= 0.3 is 0 Å². The van der Waals surface area contributed by atoms with Gasteiger partial charge in [0, 0.05) is 39.7 Å². The minimum absolute atomic E-state index is 0.0154. The summed E-state index contributed by atoms with van der Waals surface area (Å²) in [5.41, 5.74) is 2.14. The van der Waals surface area contributed by atoms with Crippen molar-refractivity contribution in [1.82, 2.24) is 4.98 Å². The molecule has 2 atom stereocenters. The molecular formula is C16H17NO3S. The van der Waals surface area contributed by atoms with Gasteiger partial charge in [-0.05, 0) is 43.9 Å². The Morgan fingerprint density at radius 2 is 2.00 bits per heavy atom. The summed E-state index contributed by atoms with van der Waals surface area (Å²) in [5, 5.41) is 0.461. The van der Waals surface area contributed by atoms with E-state index in [0.29, 0.717) is 17.0 Å². The van der Waals surface area contributed by atoms with E-state index in [4.69, 9.17) is 4.42 Å². The van der Waals surface area contributed by atoms with Gasteiger partial charge in [0.15, 0.2) is 17.3 Å². The molecule has 2 aliphatic rings. The Hall–Kier alpha value is -1.49. The van der Waals surface area contributed by atoms with E-state index in [1.807, 2.05) is 12.1 Å². The van der Waals surface area contributed by atoms with Crippen LogP contribution in [0.4, 0.5) is 0 Å². The van der Waals surface area contributed by atoms with Crippen molar-refractivity contribution in [2.24, 2.45) is 5.92 Å². The zero-order valence-electron chi connectivity index (χ0n) is 11.9. The molecule has 0 N–H and O–H groups in total. The second-order valence-corrected chi connectivity index (χ2v) is 8.09. The largest absolute Gasteiger partial charge is 0.441 e. The maximum atomic E-state index is 12.7. The number of aryl methyl sites for hydroxylation is 1. The molecule has 110 valence electrons. The Bertz CT molecular complexity index is 735. The van der Waals surface area contributed by atoms with Gasteiger partial charge in [0.2, 0.25) is 0 Å². The number of fused-ring (bicyclic) bond motifs is 3. The third-order valence-corrected chi connectivity index (χ3v) is 6.88. The summed E-state index contributed by atoms with van der Waals surface area (Å²) in [6, 6.07) is 5.47. The maximum Gasteiger partial charge on any atom is 0.192 e. The summed E-state index contributed by atoms with van der Waals surface area (Å²) in [7, 11) is -0.712. The summed E-state index contributed by atoms with van der Waals surface area (Å²) in [5.74, 6) is 0.793. The number of oxazole rings is 1. The zero-order valence-corrected chi connectivity index (χ0v) is 12.7. The molecule has 0 aliphatic carbocycles. The molecule has 2 saturated heterocycles. The molecule has 2 bridgehead atoms. The molecule has 4 rings (SSSR count). The van der Waals surface area contributed by atoms with Crippen LogP contribution >= 0.6 is 0 Å². The first-order valence-electron chi connectivity index (χ1n) is 7.42. The van der Waals surface area contributed by atoms with E-state index in [9.17, 15) is 9.00 Å². The minimum atomic E-state index is -0.712. The van der Waals surface area contributed by atoms with Gasteiger partial charge in [0.05, 0.1) is 0 Å². The van der Waals surface area contributed by atoms with Gasteiger partial charge in [0.25, 0.3) is 0 Å². The first kappa shape index (κ1) is 13.2. The Kier molecular flexibility index (Phi) is 2.99. The van der Waals surface area contributed by atoms with E-state index in [1.54, 1.807) is 13.0 Å². The van der Waals surface area contributed by atoms with Crippen LogP contribution in [0.5, 0.6) is 0 Å². The standard InChI is InChI=1S/C16H17NO3S/c1-9-17-14-5-2-10(8-15(14)20-9)16(18)11-6-12-3-4-13(7-11)21(12)19/h2,5,8,11-13H,3-4,6-7H2,1H3. The second kappa shape index (κ2) is 4.77. The predicted octanol–water partition coefficient (Wildman–Crippen LogP) is 3.01. The molecule has 0 radical (unpaired) electrons. The number of rotatable bonds is 2. The van der Waals surface area contributed by atoms with Crippen molar-refractivity contribution in [2.75, 3.05) is 0 Å². The molecule has 0 saturated carbocycles. The number of benzene rings is 1. The summed E-state index contributed by atoms with van der Waals surface area (Å²) < 4.78 is 17.6. The topological polar surface area (TPSA) is 60.2 Å². The summed E-state index contributed by atoms with van der Waals surface area (Å²) >= 11 is 0. The summed E-state index contributed by atoms with van der Waals surface area (Å²) in [4.78, 5) is 17.0. The number of carbonyl (C=O) groups is 1. The lowest BCUT2D eigenvalue weighted by atomic mass is 9.90. The lowest BCUT2D eigenvalue weighted by molar-refractivity contribution is 0.0906. The van der Waals surface area contributed by atoms with Crippen LogP contribution in [0.25, 0.3) is 11.1 Å². The number of ketones is 1. The summed E-state index contributed by atoms with van der Waals surface area (Å²) in [6.07, 6.45) is 3.58. The Labute approximate surface area is 125 Å². The van der Waals surface area contributed by atoms with Crippen LogP contribution in [0, 0.1) is 12.8 Å². The predicted molar refractivity (Wildman–Crippen MR) is 80.8 cm³/mol. The van der Waals surface area contributed by atoms with Crippen molar-refractivity contribution in [3.05, 3.63) is 29.7 Å². The number of aromatic nitrogens is 1. The molecule has 2 aromatic rings. The minimum Gasteiger partial charge on any atom is -0.441 e. The number of hydrogen-bond acceptors (Lipinski definition) is 4. The number of hydrogen-bond donors (Lipinski definition) is 0. The fraction of sp³-hybridized carbons (Fsp3) is 0.500.